The van der Waals surface area contributed by atoms with E-state index in [4.69, 9.17) is 9.47 Å². The Bertz CT molecular complexity index is 837. The van der Waals surface area contributed by atoms with E-state index >= 15 is 0 Å². The number of carbonyl (C=O) groups is 1. The number of hydrogen-bond donors (Lipinski definition) is 0. The maximum Gasteiger partial charge on any atom is 0.260 e. The zero-order valence-electron chi connectivity index (χ0n) is 16.7. The molecule has 2 heterocycles. The van der Waals surface area contributed by atoms with Crippen molar-refractivity contribution in [3.8, 4) is 11.5 Å². The molecule has 2 aromatic carbocycles. The first-order chi connectivity index (χ1) is 13.6. The van der Waals surface area contributed by atoms with Crippen LogP contribution in [0.2, 0.25) is 0 Å². The summed E-state index contributed by atoms with van der Waals surface area (Å²) in [6, 6.07) is 12.5. The molecule has 4 rings (SSSR count). The van der Waals surface area contributed by atoms with E-state index in [1.807, 2.05) is 36.9 Å². The summed E-state index contributed by atoms with van der Waals surface area (Å²) >= 11 is 0. The van der Waals surface area contributed by atoms with Crippen LogP contribution in [0.1, 0.15) is 22.3 Å². The lowest BCUT2D eigenvalue weighted by atomic mass is 10.1. The van der Waals surface area contributed by atoms with Gasteiger partial charge >= 0.3 is 0 Å². The first-order valence-corrected chi connectivity index (χ1v) is 10.0. The summed E-state index contributed by atoms with van der Waals surface area (Å²) in [6.07, 6.45) is 1.01. The number of nitrogens with zero attached hydrogens (tertiary/aromatic N) is 2. The van der Waals surface area contributed by atoms with Gasteiger partial charge in [0.1, 0.15) is 11.5 Å². The van der Waals surface area contributed by atoms with Gasteiger partial charge in [0.2, 0.25) is 0 Å². The van der Waals surface area contributed by atoms with Crippen LogP contribution in [0.4, 0.5) is 0 Å². The van der Waals surface area contributed by atoms with Gasteiger partial charge in [-0.3, -0.25) is 9.69 Å². The molecule has 1 fully saturated rings. The molecule has 1 amide bonds. The van der Waals surface area contributed by atoms with Gasteiger partial charge in [-0.25, -0.2) is 0 Å². The third-order valence-electron chi connectivity index (χ3n) is 5.63. The molecule has 2 aromatic rings. The highest BCUT2D eigenvalue weighted by molar-refractivity contribution is 5.78. The van der Waals surface area contributed by atoms with Gasteiger partial charge in [-0.05, 0) is 42.2 Å². The van der Waals surface area contributed by atoms with E-state index in [1.165, 1.54) is 11.1 Å². The number of hydrogen-bond acceptors (Lipinski definition) is 4. The van der Waals surface area contributed by atoms with E-state index in [1.54, 1.807) is 0 Å². The highest BCUT2D eigenvalue weighted by Crippen LogP contribution is 2.26. The Morgan fingerprint density at radius 2 is 1.82 bits per heavy atom. The summed E-state index contributed by atoms with van der Waals surface area (Å²) in [7, 11) is 0. The molecule has 1 saturated heterocycles. The average molecular weight is 380 g/mol. The van der Waals surface area contributed by atoms with E-state index in [-0.39, 0.29) is 12.5 Å². The van der Waals surface area contributed by atoms with Crippen LogP contribution in [0.3, 0.4) is 0 Å². The van der Waals surface area contributed by atoms with E-state index in [9.17, 15) is 4.79 Å². The molecule has 0 bridgehead atoms. The Kier molecular flexibility index (Phi) is 5.53. The Hall–Kier alpha value is -2.53. The molecule has 0 N–H and O–H groups in total. The minimum atomic E-state index is 0.0667. The van der Waals surface area contributed by atoms with E-state index < -0.39 is 0 Å². The molecule has 2 aliphatic heterocycles. The number of amides is 1. The van der Waals surface area contributed by atoms with E-state index in [0.717, 1.165) is 68.4 Å². The summed E-state index contributed by atoms with van der Waals surface area (Å²) in [5.74, 6) is 1.93. The van der Waals surface area contributed by atoms with Crippen LogP contribution in [-0.2, 0) is 17.8 Å². The maximum atomic E-state index is 12.6. The highest BCUT2D eigenvalue weighted by Gasteiger charge is 2.22. The molecular formula is C23H28N2O3. The van der Waals surface area contributed by atoms with Gasteiger partial charge in [-0.1, -0.05) is 30.3 Å². The SMILES string of the molecule is Cc1cccc(C)c1OCC(=O)N1CCN(Cc2ccc3c(c2)CCO3)CC1. The Balaban J connectivity index is 1.26. The summed E-state index contributed by atoms with van der Waals surface area (Å²) in [5, 5.41) is 0. The molecule has 0 aromatic heterocycles. The quantitative estimate of drug-likeness (QED) is 0.800. The summed E-state index contributed by atoms with van der Waals surface area (Å²) in [4.78, 5) is 16.9. The van der Waals surface area contributed by atoms with E-state index in [2.05, 4.69) is 23.1 Å². The number of ether oxygens (including phenoxy) is 2. The van der Waals surface area contributed by atoms with Gasteiger partial charge in [0.15, 0.2) is 6.61 Å². The normalized spacial score (nSPS) is 16.6. The fraction of sp³-hybridized carbons (Fsp3) is 0.435. The molecule has 148 valence electrons. The van der Waals surface area contributed by atoms with Gasteiger partial charge in [-0.2, -0.15) is 0 Å². The summed E-state index contributed by atoms with van der Waals surface area (Å²) in [6.45, 7) is 9.14. The summed E-state index contributed by atoms with van der Waals surface area (Å²) < 4.78 is 11.4. The van der Waals surface area contributed by atoms with Gasteiger partial charge in [-0.15, -0.1) is 0 Å². The number of fused-ring (bicyclic) bond motifs is 1. The lowest BCUT2D eigenvalue weighted by Gasteiger charge is -2.34. The zero-order chi connectivity index (χ0) is 19.5. The van der Waals surface area contributed by atoms with Crippen LogP contribution in [0, 0.1) is 13.8 Å². The van der Waals surface area contributed by atoms with Crippen LogP contribution in [0.5, 0.6) is 11.5 Å². The molecule has 0 atom stereocenters. The van der Waals surface area contributed by atoms with Gasteiger partial charge in [0.25, 0.3) is 5.91 Å². The monoisotopic (exact) mass is 380 g/mol. The average Bonchev–Trinajstić information content (AvgIpc) is 3.16. The van der Waals surface area contributed by atoms with Crippen molar-refractivity contribution < 1.29 is 14.3 Å². The number of benzene rings is 2. The van der Waals surface area contributed by atoms with Crippen LogP contribution in [0.15, 0.2) is 36.4 Å². The number of para-hydroxylation sites is 1. The second-order valence-electron chi connectivity index (χ2n) is 7.71. The molecule has 5 nitrogen and oxygen atoms in total. The highest BCUT2D eigenvalue weighted by atomic mass is 16.5. The first kappa shape index (κ1) is 18.8. The third-order valence-corrected chi connectivity index (χ3v) is 5.63. The van der Waals surface area contributed by atoms with Crippen molar-refractivity contribution in [2.24, 2.45) is 0 Å². The number of aryl methyl sites for hydroxylation is 2. The van der Waals surface area contributed by atoms with E-state index in [0.29, 0.717) is 0 Å². The summed E-state index contributed by atoms with van der Waals surface area (Å²) in [5.41, 5.74) is 4.77. The molecular weight excluding hydrogens is 352 g/mol. The van der Waals surface area contributed by atoms with Crippen molar-refractivity contribution in [3.05, 3.63) is 58.7 Å². The Morgan fingerprint density at radius 3 is 2.57 bits per heavy atom. The molecule has 0 saturated carbocycles. The third kappa shape index (κ3) is 4.14. The minimum Gasteiger partial charge on any atom is -0.493 e. The van der Waals surface area contributed by atoms with Gasteiger partial charge in [0, 0.05) is 39.1 Å². The smallest absolute Gasteiger partial charge is 0.260 e. The van der Waals surface area contributed by atoms with Gasteiger partial charge in [0.05, 0.1) is 6.61 Å². The fourth-order valence-corrected chi connectivity index (χ4v) is 4.00. The lowest BCUT2D eigenvalue weighted by molar-refractivity contribution is -0.135. The second-order valence-corrected chi connectivity index (χ2v) is 7.71. The number of rotatable bonds is 5. The maximum absolute atomic E-state index is 12.6. The molecule has 5 heteroatoms. The van der Waals surface area contributed by atoms with Crippen molar-refractivity contribution in [2.45, 2.75) is 26.8 Å². The topological polar surface area (TPSA) is 42.0 Å². The number of piperazine rings is 1. The predicted octanol–water partition coefficient (Wildman–Crippen LogP) is 2.96. The van der Waals surface area contributed by atoms with Crippen molar-refractivity contribution >= 4 is 5.91 Å². The molecule has 2 aliphatic rings. The first-order valence-electron chi connectivity index (χ1n) is 10.0. The van der Waals surface area contributed by atoms with Crippen molar-refractivity contribution in [1.29, 1.82) is 0 Å². The zero-order valence-corrected chi connectivity index (χ0v) is 16.7. The largest absolute Gasteiger partial charge is 0.493 e. The lowest BCUT2D eigenvalue weighted by Crippen LogP contribution is -2.49. The Labute approximate surface area is 166 Å². The van der Waals surface area contributed by atoms with Crippen LogP contribution in [0.25, 0.3) is 0 Å². The number of carbonyl (C=O) groups excluding carboxylic acids is 1. The molecule has 0 spiro atoms. The molecule has 28 heavy (non-hydrogen) atoms. The van der Waals surface area contributed by atoms with Crippen LogP contribution in [-0.4, -0.2) is 55.1 Å². The minimum absolute atomic E-state index is 0.0667. The van der Waals surface area contributed by atoms with Crippen molar-refractivity contribution in [2.75, 3.05) is 39.4 Å². The molecule has 0 unspecified atom stereocenters. The van der Waals surface area contributed by atoms with Crippen LogP contribution >= 0.6 is 0 Å². The van der Waals surface area contributed by atoms with Crippen molar-refractivity contribution in [3.63, 3.8) is 0 Å². The fourth-order valence-electron chi connectivity index (χ4n) is 4.00. The van der Waals surface area contributed by atoms with Gasteiger partial charge < -0.3 is 14.4 Å². The predicted molar refractivity (Wildman–Crippen MR) is 109 cm³/mol. The standard InChI is InChI=1S/C23H28N2O3/c1-17-4-3-5-18(2)23(17)28-16-22(26)25-11-9-24(10-12-25)15-19-6-7-21-20(14-19)8-13-27-21/h3-7,14H,8-13,15-16H2,1-2H3. The molecule has 0 radical (unpaired) electrons. The second kappa shape index (κ2) is 8.23. The van der Waals surface area contributed by atoms with Crippen molar-refractivity contribution in [1.82, 2.24) is 9.80 Å². The van der Waals surface area contributed by atoms with Crippen LogP contribution < -0.4 is 9.47 Å². The molecule has 0 aliphatic carbocycles. The Morgan fingerprint density at radius 1 is 1.07 bits per heavy atom.